The number of carbonyl (C=O) groups is 2. The summed E-state index contributed by atoms with van der Waals surface area (Å²) >= 11 is 0. The van der Waals surface area contributed by atoms with E-state index in [0.717, 1.165) is 17.7 Å². The highest BCUT2D eigenvalue weighted by atomic mass is 16.1. The van der Waals surface area contributed by atoms with Crippen LogP contribution in [0.15, 0.2) is 36.4 Å². The van der Waals surface area contributed by atoms with Gasteiger partial charge in [0.2, 0.25) is 0 Å². The van der Waals surface area contributed by atoms with Gasteiger partial charge in [-0.3, -0.25) is 9.59 Å². The Kier molecular flexibility index (Phi) is 6.36. The summed E-state index contributed by atoms with van der Waals surface area (Å²) in [4.78, 5) is 26.0. The number of ketones is 1. The first-order valence-electron chi connectivity index (χ1n) is 8.48. The van der Waals surface area contributed by atoms with Crippen molar-refractivity contribution in [3.63, 3.8) is 0 Å². The average Bonchev–Trinajstić information content (AvgIpc) is 2.57. The zero-order valence-corrected chi connectivity index (χ0v) is 15.5. The van der Waals surface area contributed by atoms with Crippen LogP contribution in [0.25, 0.3) is 0 Å². The van der Waals surface area contributed by atoms with Crippen LogP contribution in [0, 0.1) is 0 Å². The maximum Gasteiger partial charge on any atom is 0.253 e. The molecule has 5 N–H and O–H groups in total. The topological polar surface area (TPSA) is 101 Å². The van der Waals surface area contributed by atoms with Crippen LogP contribution in [0.4, 0.5) is 11.4 Å². The Bertz CT molecular complexity index is 815. The van der Waals surface area contributed by atoms with Crippen molar-refractivity contribution in [1.29, 1.82) is 0 Å². The molecule has 0 saturated heterocycles. The standard InChI is InChI=1S/C20H26N4O2/c1-13(25)16-11-14(4-6-18(16)21)10-15-5-7-19(22)17(12-15)20(26)23-8-9-24(2)3/h4-7,11-12H,8-10,21-22H2,1-3H3,(H,23,26). The van der Waals surface area contributed by atoms with Crippen LogP contribution >= 0.6 is 0 Å². The van der Waals surface area contributed by atoms with Gasteiger partial charge in [0.15, 0.2) is 5.78 Å². The molecule has 2 rings (SSSR count). The predicted molar refractivity (Wildman–Crippen MR) is 105 cm³/mol. The van der Waals surface area contributed by atoms with Crippen LogP contribution in [-0.4, -0.2) is 43.8 Å². The fraction of sp³-hybridized carbons (Fsp3) is 0.300. The number of rotatable bonds is 7. The van der Waals surface area contributed by atoms with Crippen molar-refractivity contribution >= 4 is 23.1 Å². The molecule has 0 aliphatic carbocycles. The van der Waals surface area contributed by atoms with Gasteiger partial charge < -0.3 is 21.7 Å². The number of nitrogen functional groups attached to an aromatic ring is 2. The number of hydrogen-bond donors (Lipinski definition) is 3. The van der Waals surface area contributed by atoms with E-state index >= 15 is 0 Å². The van der Waals surface area contributed by atoms with E-state index in [-0.39, 0.29) is 11.7 Å². The average molecular weight is 354 g/mol. The number of nitrogens with two attached hydrogens (primary N) is 2. The Morgan fingerprint density at radius 1 is 0.962 bits per heavy atom. The van der Waals surface area contributed by atoms with Crippen LogP contribution in [0.1, 0.15) is 38.8 Å². The van der Waals surface area contributed by atoms with E-state index < -0.39 is 0 Å². The zero-order valence-electron chi connectivity index (χ0n) is 15.5. The van der Waals surface area contributed by atoms with Crippen LogP contribution in [0.3, 0.4) is 0 Å². The van der Waals surface area contributed by atoms with Crippen molar-refractivity contribution < 1.29 is 9.59 Å². The monoisotopic (exact) mass is 354 g/mol. The number of likely N-dealkylation sites (N-methyl/N-ethyl adjacent to an activating group) is 1. The molecule has 0 aromatic heterocycles. The summed E-state index contributed by atoms with van der Waals surface area (Å²) < 4.78 is 0. The van der Waals surface area contributed by atoms with Crippen molar-refractivity contribution in [3.8, 4) is 0 Å². The van der Waals surface area contributed by atoms with Gasteiger partial charge in [-0.2, -0.15) is 0 Å². The lowest BCUT2D eigenvalue weighted by atomic mass is 9.98. The first-order chi connectivity index (χ1) is 12.3. The molecule has 0 saturated carbocycles. The van der Waals surface area contributed by atoms with Crippen molar-refractivity contribution in [2.24, 2.45) is 0 Å². The molecule has 2 aromatic carbocycles. The maximum atomic E-state index is 12.4. The summed E-state index contributed by atoms with van der Waals surface area (Å²) in [5.74, 6) is -0.254. The molecule has 2 aromatic rings. The molecule has 1 amide bonds. The highest BCUT2D eigenvalue weighted by Crippen LogP contribution is 2.20. The van der Waals surface area contributed by atoms with Gasteiger partial charge in [-0.15, -0.1) is 0 Å². The fourth-order valence-electron chi connectivity index (χ4n) is 2.65. The lowest BCUT2D eigenvalue weighted by Crippen LogP contribution is -2.31. The van der Waals surface area contributed by atoms with E-state index in [1.54, 1.807) is 24.3 Å². The van der Waals surface area contributed by atoms with Crippen molar-refractivity contribution in [2.75, 3.05) is 38.7 Å². The Morgan fingerprint density at radius 2 is 1.50 bits per heavy atom. The van der Waals surface area contributed by atoms with Crippen LogP contribution in [0.2, 0.25) is 0 Å². The molecule has 0 spiro atoms. The number of Topliss-reactive ketones (excluding diaryl/α,β-unsaturated/α-hetero) is 1. The van der Waals surface area contributed by atoms with Gasteiger partial charge in [0.05, 0.1) is 5.56 Å². The minimum atomic E-state index is -0.187. The minimum Gasteiger partial charge on any atom is -0.398 e. The second-order valence-electron chi connectivity index (χ2n) is 6.64. The quantitative estimate of drug-likeness (QED) is 0.521. The largest absolute Gasteiger partial charge is 0.398 e. The molecule has 0 aliphatic heterocycles. The Morgan fingerprint density at radius 3 is 2.04 bits per heavy atom. The van der Waals surface area contributed by atoms with Gasteiger partial charge in [0.1, 0.15) is 0 Å². The molecule has 0 unspecified atom stereocenters. The Balaban J connectivity index is 2.18. The molecule has 0 fully saturated rings. The van der Waals surface area contributed by atoms with E-state index in [2.05, 4.69) is 5.32 Å². The molecule has 0 heterocycles. The second-order valence-corrected chi connectivity index (χ2v) is 6.64. The molecule has 0 bridgehead atoms. The Labute approximate surface area is 154 Å². The summed E-state index contributed by atoms with van der Waals surface area (Å²) in [5, 5.41) is 2.87. The molecule has 0 radical (unpaired) electrons. The molecule has 138 valence electrons. The summed E-state index contributed by atoms with van der Waals surface area (Å²) in [5.41, 5.74) is 15.6. The van der Waals surface area contributed by atoms with Gasteiger partial charge in [-0.05, 0) is 62.8 Å². The minimum absolute atomic E-state index is 0.0670. The van der Waals surface area contributed by atoms with E-state index in [9.17, 15) is 9.59 Å². The summed E-state index contributed by atoms with van der Waals surface area (Å²) in [7, 11) is 3.89. The SMILES string of the molecule is CC(=O)c1cc(Cc2ccc(N)c(C(=O)NCCN(C)C)c2)ccc1N. The second kappa shape index (κ2) is 8.49. The normalized spacial score (nSPS) is 10.8. The van der Waals surface area contributed by atoms with E-state index in [1.807, 2.05) is 31.1 Å². The molecular weight excluding hydrogens is 328 g/mol. The van der Waals surface area contributed by atoms with E-state index in [0.29, 0.717) is 35.5 Å². The lowest BCUT2D eigenvalue weighted by molar-refractivity contribution is 0.0950. The predicted octanol–water partition coefficient (Wildman–Crippen LogP) is 1.94. The van der Waals surface area contributed by atoms with Gasteiger partial charge >= 0.3 is 0 Å². The molecular formula is C20H26N4O2. The smallest absolute Gasteiger partial charge is 0.253 e. The van der Waals surface area contributed by atoms with Crippen LogP contribution < -0.4 is 16.8 Å². The molecule has 6 heteroatoms. The van der Waals surface area contributed by atoms with E-state index in [4.69, 9.17) is 11.5 Å². The summed E-state index contributed by atoms with van der Waals surface area (Å²) in [6.07, 6.45) is 0.582. The van der Waals surface area contributed by atoms with Crippen LogP contribution in [-0.2, 0) is 6.42 Å². The number of benzene rings is 2. The summed E-state index contributed by atoms with van der Waals surface area (Å²) in [6.45, 7) is 2.80. The van der Waals surface area contributed by atoms with Crippen molar-refractivity contribution in [3.05, 3.63) is 58.7 Å². The zero-order chi connectivity index (χ0) is 19.3. The summed E-state index contributed by atoms with van der Waals surface area (Å²) in [6, 6.07) is 10.8. The number of hydrogen-bond acceptors (Lipinski definition) is 5. The third kappa shape index (κ3) is 5.07. The van der Waals surface area contributed by atoms with Crippen molar-refractivity contribution in [2.45, 2.75) is 13.3 Å². The molecule has 6 nitrogen and oxygen atoms in total. The highest BCUT2D eigenvalue weighted by Gasteiger charge is 2.12. The van der Waals surface area contributed by atoms with E-state index in [1.165, 1.54) is 6.92 Å². The number of carbonyl (C=O) groups excluding carboxylic acids is 2. The number of nitrogens with one attached hydrogen (secondary N) is 1. The number of anilines is 2. The van der Waals surface area contributed by atoms with Gasteiger partial charge in [-0.25, -0.2) is 0 Å². The molecule has 0 aliphatic rings. The number of nitrogens with zero attached hydrogens (tertiary/aromatic N) is 1. The third-order valence-corrected chi connectivity index (χ3v) is 4.11. The lowest BCUT2D eigenvalue weighted by Gasteiger charge is -2.13. The first kappa shape index (κ1) is 19.5. The van der Waals surface area contributed by atoms with Crippen LogP contribution in [0.5, 0.6) is 0 Å². The van der Waals surface area contributed by atoms with Gasteiger partial charge in [0, 0.05) is 30.0 Å². The highest BCUT2D eigenvalue weighted by molar-refractivity contribution is 6.00. The first-order valence-corrected chi connectivity index (χ1v) is 8.48. The maximum absolute atomic E-state index is 12.4. The van der Waals surface area contributed by atoms with Gasteiger partial charge in [0.25, 0.3) is 5.91 Å². The third-order valence-electron chi connectivity index (χ3n) is 4.11. The Hall–Kier alpha value is -2.86. The molecule has 26 heavy (non-hydrogen) atoms. The number of amides is 1. The van der Waals surface area contributed by atoms with Crippen molar-refractivity contribution in [1.82, 2.24) is 10.2 Å². The molecule has 0 atom stereocenters. The van der Waals surface area contributed by atoms with Gasteiger partial charge in [-0.1, -0.05) is 12.1 Å². The fourth-order valence-corrected chi connectivity index (χ4v) is 2.65.